The van der Waals surface area contributed by atoms with Crippen LogP contribution in [-0.2, 0) is 0 Å². The Morgan fingerprint density at radius 3 is 2.58 bits per heavy atom. The summed E-state index contributed by atoms with van der Waals surface area (Å²) in [5.74, 6) is -0.0446. The van der Waals surface area contributed by atoms with Crippen LogP contribution in [0.4, 0.5) is 0 Å². The molecule has 1 aliphatic heterocycles. The third-order valence-corrected chi connectivity index (χ3v) is 5.96. The van der Waals surface area contributed by atoms with E-state index in [0.29, 0.717) is 18.8 Å². The van der Waals surface area contributed by atoms with Crippen LogP contribution in [-0.4, -0.2) is 62.2 Å². The van der Waals surface area contributed by atoms with Crippen LogP contribution in [0.5, 0.6) is 0 Å². The van der Waals surface area contributed by atoms with Crippen molar-refractivity contribution in [3.63, 3.8) is 0 Å². The molecular formula is C24H24N6O. The summed E-state index contributed by atoms with van der Waals surface area (Å²) in [4.78, 5) is 21.2. The van der Waals surface area contributed by atoms with Crippen molar-refractivity contribution in [2.24, 2.45) is 0 Å². The highest BCUT2D eigenvalue weighted by Crippen LogP contribution is 2.28. The molecule has 4 heterocycles. The van der Waals surface area contributed by atoms with E-state index in [1.807, 2.05) is 27.7 Å². The van der Waals surface area contributed by atoms with E-state index < -0.39 is 0 Å². The minimum atomic E-state index is -0.0446. The Labute approximate surface area is 180 Å². The first-order chi connectivity index (χ1) is 15.1. The lowest BCUT2D eigenvalue weighted by atomic mass is 10.0. The second kappa shape index (κ2) is 7.92. The van der Waals surface area contributed by atoms with Gasteiger partial charge < -0.3 is 4.90 Å². The molecule has 4 aromatic rings. The summed E-state index contributed by atoms with van der Waals surface area (Å²) >= 11 is 0. The zero-order chi connectivity index (χ0) is 21.4. The lowest BCUT2D eigenvalue weighted by Gasteiger charge is -2.38. The molecular weight excluding hydrogens is 388 g/mol. The highest BCUT2D eigenvalue weighted by molar-refractivity contribution is 5.92. The lowest BCUT2D eigenvalue weighted by molar-refractivity contribution is 0.0536. The summed E-state index contributed by atoms with van der Waals surface area (Å²) in [5.41, 5.74) is 5.79. The average molecular weight is 412 g/mol. The molecule has 0 radical (unpaired) electrons. The maximum atomic E-state index is 12.9. The number of benzene rings is 1. The molecule has 1 amide bonds. The van der Waals surface area contributed by atoms with Crippen molar-refractivity contribution in [2.75, 3.05) is 26.7 Å². The first-order valence-corrected chi connectivity index (χ1v) is 10.4. The molecule has 3 aromatic heterocycles. The van der Waals surface area contributed by atoms with Gasteiger partial charge in [0.05, 0.1) is 11.6 Å². The molecule has 0 N–H and O–H groups in total. The number of likely N-dealkylation sites (N-methyl/N-ethyl adjacent to an activating group) is 1. The molecule has 7 heteroatoms. The zero-order valence-corrected chi connectivity index (χ0v) is 17.6. The molecule has 1 unspecified atom stereocenters. The van der Waals surface area contributed by atoms with Gasteiger partial charge >= 0.3 is 0 Å². The average Bonchev–Trinajstić information content (AvgIpc) is 3.23. The van der Waals surface area contributed by atoms with Crippen LogP contribution in [0.3, 0.4) is 0 Å². The van der Waals surface area contributed by atoms with Gasteiger partial charge in [0.2, 0.25) is 0 Å². The number of hydrogen-bond donors (Lipinski definition) is 0. The van der Waals surface area contributed by atoms with Gasteiger partial charge in [-0.3, -0.25) is 14.7 Å². The predicted molar refractivity (Wildman–Crippen MR) is 119 cm³/mol. The van der Waals surface area contributed by atoms with Crippen LogP contribution in [0.15, 0.2) is 67.0 Å². The molecule has 1 fully saturated rings. The monoisotopic (exact) mass is 412 g/mol. The minimum absolute atomic E-state index is 0.0239. The number of amides is 1. The highest BCUT2D eigenvalue weighted by atomic mass is 16.2. The number of pyridine rings is 2. The van der Waals surface area contributed by atoms with Crippen molar-refractivity contribution < 1.29 is 4.79 Å². The highest BCUT2D eigenvalue weighted by Gasteiger charge is 2.32. The third-order valence-electron chi connectivity index (χ3n) is 5.96. The summed E-state index contributed by atoms with van der Waals surface area (Å²) < 4.78 is 1.83. The molecule has 1 saturated heterocycles. The standard InChI is InChI=1S/C24H24N6O/c1-17-6-8-18(9-7-17)19-10-11-21-23(26-27-30(21)15-19)22-16-29(14-13-28(22)2)24(31)20-5-3-4-12-25-20/h3-12,15,22H,13-14,16H2,1-2H3. The predicted octanol–water partition coefficient (Wildman–Crippen LogP) is 3.23. The Morgan fingerprint density at radius 2 is 1.81 bits per heavy atom. The van der Waals surface area contributed by atoms with Crippen molar-refractivity contribution in [3.05, 3.63) is 83.9 Å². The molecule has 156 valence electrons. The van der Waals surface area contributed by atoms with Crippen molar-refractivity contribution >= 4 is 11.4 Å². The molecule has 1 aliphatic rings. The van der Waals surface area contributed by atoms with E-state index in [0.717, 1.165) is 28.9 Å². The number of piperazine rings is 1. The van der Waals surface area contributed by atoms with Crippen LogP contribution >= 0.6 is 0 Å². The molecule has 7 nitrogen and oxygen atoms in total. The molecule has 1 aromatic carbocycles. The molecule has 5 rings (SSSR count). The second-order valence-corrected chi connectivity index (χ2v) is 8.05. The van der Waals surface area contributed by atoms with Gasteiger partial charge in [0.1, 0.15) is 11.4 Å². The SMILES string of the molecule is Cc1ccc(-c2ccc3c(C4CN(C(=O)c5ccccn5)CCN4C)nnn3c2)cc1. The van der Waals surface area contributed by atoms with E-state index in [9.17, 15) is 4.79 Å². The third kappa shape index (κ3) is 3.68. The van der Waals surface area contributed by atoms with Crippen molar-refractivity contribution in [1.82, 2.24) is 29.6 Å². The number of fused-ring (bicyclic) bond motifs is 1. The van der Waals surface area contributed by atoms with Gasteiger partial charge in [-0.05, 0) is 37.7 Å². The van der Waals surface area contributed by atoms with Gasteiger partial charge in [-0.1, -0.05) is 47.2 Å². The second-order valence-electron chi connectivity index (χ2n) is 8.05. The Morgan fingerprint density at radius 1 is 1.00 bits per heavy atom. The fourth-order valence-corrected chi connectivity index (χ4v) is 4.07. The Hall–Kier alpha value is -3.58. The van der Waals surface area contributed by atoms with E-state index in [1.54, 1.807) is 12.3 Å². The largest absolute Gasteiger partial charge is 0.334 e. The smallest absolute Gasteiger partial charge is 0.272 e. The Kier molecular flexibility index (Phi) is 4.95. The lowest BCUT2D eigenvalue weighted by Crippen LogP contribution is -2.49. The number of carbonyl (C=O) groups excluding carboxylic acids is 1. The summed E-state index contributed by atoms with van der Waals surface area (Å²) in [7, 11) is 2.07. The van der Waals surface area contributed by atoms with E-state index in [1.165, 1.54) is 5.56 Å². The number of nitrogens with zero attached hydrogens (tertiary/aromatic N) is 6. The summed E-state index contributed by atoms with van der Waals surface area (Å²) in [6.07, 6.45) is 3.66. The summed E-state index contributed by atoms with van der Waals surface area (Å²) in [5, 5.41) is 8.89. The van der Waals surface area contributed by atoms with Gasteiger partial charge in [0.15, 0.2) is 0 Å². The van der Waals surface area contributed by atoms with Crippen molar-refractivity contribution in [1.29, 1.82) is 0 Å². The van der Waals surface area contributed by atoms with Crippen LogP contribution < -0.4 is 0 Å². The summed E-state index contributed by atoms with van der Waals surface area (Å²) in [6.45, 7) is 4.07. The number of carbonyl (C=O) groups is 1. The van der Waals surface area contributed by atoms with Gasteiger partial charge in [0.25, 0.3) is 5.91 Å². The van der Waals surface area contributed by atoms with Crippen LogP contribution in [0.2, 0.25) is 0 Å². The number of rotatable bonds is 3. The minimum Gasteiger partial charge on any atom is -0.334 e. The zero-order valence-electron chi connectivity index (χ0n) is 17.6. The fraction of sp³-hybridized carbons (Fsp3) is 0.250. The number of aromatic nitrogens is 4. The van der Waals surface area contributed by atoms with E-state index in [2.05, 4.69) is 70.6 Å². The molecule has 31 heavy (non-hydrogen) atoms. The van der Waals surface area contributed by atoms with E-state index >= 15 is 0 Å². The van der Waals surface area contributed by atoms with Crippen molar-refractivity contribution in [3.8, 4) is 11.1 Å². The number of aryl methyl sites for hydroxylation is 1. The van der Waals surface area contributed by atoms with Crippen LogP contribution in [0, 0.1) is 6.92 Å². The van der Waals surface area contributed by atoms with Gasteiger partial charge in [-0.25, -0.2) is 4.52 Å². The van der Waals surface area contributed by atoms with Gasteiger partial charge in [-0.2, -0.15) is 0 Å². The van der Waals surface area contributed by atoms with Crippen molar-refractivity contribution in [2.45, 2.75) is 13.0 Å². The van der Waals surface area contributed by atoms with Gasteiger partial charge in [-0.15, -0.1) is 5.10 Å². The van der Waals surface area contributed by atoms with Gasteiger partial charge in [0, 0.05) is 37.6 Å². The maximum Gasteiger partial charge on any atom is 0.272 e. The first kappa shape index (κ1) is 19.4. The molecule has 0 aliphatic carbocycles. The van der Waals surface area contributed by atoms with Crippen LogP contribution in [0.25, 0.3) is 16.6 Å². The summed E-state index contributed by atoms with van der Waals surface area (Å²) in [6, 6.07) is 18.0. The Bertz CT molecular complexity index is 1220. The van der Waals surface area contributed by atoms with E-state index in [4.69, 9.17) is 0 Å². The molecule has 0 spiro atoms. The quantitative estimate of drug-likeness (QED) is 0.517. The Balaban J connectivity index is 1.43. The number of hydrogen-bond acceptors (Lipinski definition) is 5. The first-order valence-electron chi connectivity index (χ1n) is 10.4. The molecule has 0 saturated carbocycles. The fourth-order valence-electron chi connectivity index (χ4n) is 4.07. The molecule has 1 atom stereocenters. The topological polar surface area (TPSA) is 66.6 Å². The van der Waals surface area contributed by atoms with Crippen LogP contribution in [0.1, 0.15) is 27.8 Å². The van der Waals surface area contributed by atoms with E-state index in [-0.39, 0.29) is 11.9 Å². The maximum absolute atomic E-state index is 12.9. The normalized spacial score (nSPS) is 17.2. The molecule has 0 bridgehead atoms.